The van der Waals surface area contributed by atoms with Gasteiger partial charge in [0, 0.05) is 11.3 Å². The standard InChI is InChI=1S/C11H11N3O4S/c1-7-6-13-18-10(7)11(15)14-8-2-4-9(5-3-8)19(12,16)17/h2-6H,1H3,(H,14,15)(H2,12,16,17). The fourth-order valence-corrected chi connectivity index (χ4v) is 1.94. The molecule has 0 aliphatic rings. The minimum Gasteiger partial charge on any atom is -0.351 e. The van der Waals surface area contributed by atoms with E-state index in [-0.39, 0.29) is 10.7 Å². The van der Waals surface area contributed by atoms with Crippen molar-refractivity contribution in [1.29, 1.82) is 0 Å². The van der Waals surface area contributed by atoms with Crippen LogP contribution in [0.5, 0.6) is 0 Å². The first-order chi connectivity index (χ1) is 8.88. The normalized spacial score (nSPS) is 11.3. The maximum Gasteiger partial charge on any atom is 0.294 e. The lowest BCUT2D eigenvalue weighted by atomic mass is 10.2. The summed E-state index contributed by atoms with van der Waals surface area (Å²) < 4.78 is 26.9. The van der Waals surface area contributed by atoms with Crippen LogP contribution in [0, 0.1) is 6.92 Å². The molecule has 0 fully saturated rings. The minimum atomic E-state index is -3.74. The van der Waals surface area contributed by atoms with Gasteiger partial charge >= 0.3 is 0 Å². The highest BCUT2D eigenvalue weighted by molar-refractivity contribution is 7.89. The van der Waals surface area contributed by atoms with E-state index < -0.39 is 15.9 Å². The summed E-state index contributed by atoms with van der Waals surface area (Å²) in [7, 11) is -3.74. The van der Waals surface area contributed by atoms with Crippen LogP contribution < -0.4 is 10.5 Å². The van der Waals surface area contributed by atoms with E-state index in [0.717, 1.165) is 0 Å². The van der Waals surface area contributed by atoms with Crippen molar-refractivity contribution in [2.45, 2.75) is 11.8 Å². The van der Waals surface area contributed by atoms with Crippen molar-refractivity contribution in [1.82, 2.24) is 5.16 Å². The summed E-state index contributed by atoms with van der Waals surface area (Å²) in [4.78, 5) is 11.8. The van der Waals surface area contributed by atoms with Gasteiger partial charge in [-0.15, -0.1) is 0 Å². The van der Waals surface area contributed by atoms with E-state index in [9.17, 15) is 13.2 Å². The molecule has 0 unspecified atom stereocenters. The van der Waals surface area contributed by atoms with Gasteiger partial charge in [-0.25, -0.2) is 13.6 Å². The van der Waals surface area contributed by atoms with Crippen molar-refractivity contribution < 1.29 is 17.7 Å². The Labute approximate surface area is 109 Å². The Morgan fingerprint density at radius 3 is 2.42 bits per heavy atom. The Morgan fingerprint density at radius 2 is 1.95 bits per heavy atom. The summed E-state index contributed by atoms with van der Waals surface area (Å²) in [5.74, 6) is -0.353. The SMILES string of the molecule is Cc1cnoc1C(=O)Nc1ccc(S(N)(=O)=O)cc1. The van der Waals surface area contributed by atoms with Gasteiger partial charge in [0.2, 0.25) is 15.8 Å². The molecule has 2 aromatic rings. The molecule has 100 valence electrons. The molecule has 0 atom stereocenters. The van der Waals surface area contributed by atoms with E-state index in [2.05, 4.69) is 10.5 Å². The number of carbonyl (C=O) groups excluding carboxylic acids is 1. The number of anilines is 1. The van der Waals surface area contributed by atoms with Gasteiger partial charge in [0.05, 0.1) is 11.1 Å². The van der Waals surface area contributed by atoms with Gasteiger partial charge in [-0.2, -0.15) is 0 Å². The molecule has 0 aliphatic heterocycles. The molecule has 0 bridgehead atoms. The van der Waals surface area contributed by atoms with E-state index >= 15 is 0 Å². The smallest absolute Gasteiger partial charge is 0.294 e. The molecule has 7 nitrogen and oxygen atoms in total. The van der Waals surface area contributed by atoms with Gasteiger partial charge in [-0.3, -0.25) is 4.79 Å². The van der Waals surface area contributed by atoms with Crippen LogP contribution in [-0.4, -0.2) is 19.5 Å². The number of hydrogen-bond donors (Lipinski definition) is 2. The number of nitrogens with zero attached hydrogens (tertiary/aromatic N) is 1. The molecule has 1 aromatic heterocycles. The van der Waals surface area contributed by atoms with Gasteiger partial charge < -0.3 is 9.84 Å². The second-order valence-electron chi connectivity index (χ2n) is 3.86. The highest BCUT2D eigenvalue weighted by atomic mass is 32.2. The van der Waals surface area contributed by atoms with Gasteiger partial charge in [0.1, 0.15) is 0 Å². The average Bonchev–Trinajstić information content (AvgIpc) is 2.75. The number of benzene rings is 1. The van der Waals surface area contributed by atoms with E-state index in [0.29, 0.717) is 11.3 Å². The molecule has 1 amide bonds. The second kappa shape index (κ2) is 4.82. The van der Waals surface area contributed by atoms with E-state index in [1.165, 1.54) is 30.5 Å². The fourth-order valence-electron chi connectivity index (χ4n) is 1.43. The third-order valence-corrected chi connectivity index (χ3v) is 3.32. The summed E-state index contributed by atoms with van der Waals surface area (Å²) in [6, 6.07) is 5.48. The lowest BCUT2D eigenvalue weighted by Gasteiger charge is -2.04. The van der Waals surface area contributed by atoms with Crippen LogP contribution in [0.3, 0.4) is 0 Å². The zero-order chi connectivity index (χ0) is 14.0. The molecule has 0 saturated heterocycles. The van der Waals surface area contributed by atoms with E-state index in [1.54, 1.807) is 6.92 Å². The first-order valence-electron chi connectivity index (χ1n) is 5.23. The molecule has 0 saturated carbocycles. The summed E-state index contributed by atoms with van der Waals surface area (Å²) >= 11 is 0. The monoisotopic (exact) mass is 281 g/mol. The molecule has 19 heavy (non-hydrogen) atoms. The molecule has 1 heterocycles. The molecule has 8 heteroatoms. The Morgan fingerprint density at radius 1 is 1.32 bits per heavy atom. The van der Waals surface area contributed by atoms with E-state index in [1.807, 2.05) is 0 Å². The number of nitrogens with one attached hydrogen (secondary N) is 1. The zero-order valence-electron chi connectivity index (χ0n) is 9.95. The number of sulfonamides is 1. The van der Waals surface area contributed by atoms with Crippen LogP contribution in [0.2, 0.25) is 0 Å². The molecule has 0 aliphatic carbocycles. The van der Waals surface area contributed by atoms with E-state index in [4.69, 9.17) is 9.66 Å². The van der Waals surface area contributed by atoms with Crippen molar-refractivity contribution in [2.24, 2.45) is 5.14 Å². The summed E-state index contributed by atoms with van der Waals surface area (Å²) in [6.45, 7) is 1.69. The van der Waals surface area contributed by atoms with Gasteiger partial charge in [-0.1, -0.05) is 5.16 Å². The minimum absolute atomic E-state index is 0.0265. The number of nitrogens with two attached hydrogens (primary N) is 1. The Kier molecular flexibility index (Phi) is 3.36. The van der Waals surface area contributed by atoms with Crippen LogP contribution in [0.25, 0.3) is 0 Å². The third-order valence-electron chi connectivity index (χ3n) is 2.40. The predicted octanol–water partition coefficient (Wildman–Crippen LogP) is 0.883. The third kappa shape index (κ3) is 2.98. The van der Waals surface area contributed by atoms with Gasteiger partial charge in [0.15, 0.2) is 0 Å². The molecule has 0 spiro atoms. The van der Waals surface area contributed by atoms with Crippen molar-refractivity contribution in [3.05, 3.63) is 41.8 Å². The number of rotatable bonds is 3. The Bertz CT molecular complexity index is 704. The average molecular weight is 281 g/mol. The van der Waals surface area contributed by atoms with Crippen LogP contribution in [0.1, 0.15) is 16.1 Å². The Hall–Kier alpha value is -2.19. The number of amides is 1. The van der Waals surface area contributed by atoms with Crippen molar-refractivity contribution in [3.63, 3.8) is 0 Å². The maximum atomic E-state index is 11.8. The summed E-state index contributed by atoms with van der Waals surface area (Å²) in [5, 5.41) is 11.0. The molecule has 3 N–H and O–H groups in total. The number of hydrogen-bond acceptors (Lipinski definition) is 5. The lowest BCUT2D eigenvalue weighted by molar-refractivity contribution is 0.0987. The molecule has 0 radical (unpaired) electrons. The fraction of sp³-hybridized carbons (Fsp3) is 0.0909. The van der Waals surface area contributed by atoms with Crippen molar-refractivity contribution in [2.75, 3.05) is 5.32 Å². The van der Waals surface area contributed by atoms with Crippen LogP contribution in [0.4, 0.5) is 5.69 Å². The summed E-state index contributed by atoms with van der Waals surface area (Å²) in [6.07, 6.45) is 1.43. The quantitative estimate of drug-likeness (QED) is 0.866. The number of aryl methyl sites for hydroxylation is 1. The predicted molar refractivity (Wildman–Crippen MR) is 67.0 cm³/mol. The van der Waals surface area contributed by atoms with Crippen LogP contribution in [0.15, 0.2) is 39.9 Å². The maximum absolute atomic E-state index is 11.8. The summed E-state index contributed by atoms with van der Waals surface area (Å²) in [5.41, 5.74) is 1.03. The second-order valence-corrected chi connectivity index (χ2v) is 5.42. The Balaban J connectivity index is 2.17. The number of primary sulfonamides is 1. The molecule has 1 aromatic carbocycles. The largest absolute Gasteiger partial charge is 0.351 e. The van der Waals surface area contributed by atoms with Crippen molar-refractivity contribution >= 4 is 21.6 Å². The number of aromatic nitrogens is 1. The highest BCUT2D eigenvalue weighted by Crippen LogP contribution is 2.15. The van der Waals surface area contributed by atoms with Gasteiger partial charge in [0.25, 0.3) is 5.91 Å². The number of carbonyl (C=O) groups is 1. The topological polar surface area (TPSA) is 115 Å². The molecule has 2 rings (SSSR count). The highest BCUT2D eigenvalue weighted by Gasteiger charge is 2.14. The lowest BCUT2D eigenvalue weighted by Crippen LogP contribution is -2.14. The van der Waals surface area contributed by atoms with Crippen LogP contribution >= 0.6 is 0 Å². The van der Waals surface area contributed by atoms with Crippen molar-refractivity contribution in [3.8, 4) is 0 Å². The zero-order valence-corrected chi connectivity index (χ0v) is 10.8. The van der Waals surface area contributed by atoms with Crippen LogP contribution in [-0.2, 0) is 10.0 Å². The molecular weight excluding hydrogens is 270 g/mol. The molecular formula is C11H11N3O4S. The first-order valence-corrected chi connectivity index (χ1v) is 6.78. The first kappa shape index (κ1) is 13.2. The van der Waals surface area contributed by atoms with Gasteiger partial charge in [-0.05, 0) is 31.2 Å².